The molecule has 3 rings (SSSR count). The van der Waals surface area contributed by atoms with Crippen molar-refractivity contribution in [3.05, 3.63) is 47.8 Å². The Kier molecular flexibility index (Phi) is 4.36. The second-order valence-electron chi connectivity index (χ2n) is 5.29. The predicted octanol–water partition coefficient (Wildman–Crippen LogP) is 2.99. The van der Waals surface area contributed by atoms with Gasteiger partial charge in [-0.25, -0.2) is 9.18 Å². The smallest absolute Gasteiger partial charge is 0.323 e. The van der Waals surface area contributed by atoms with Crippen LogP contribution in [0.4, 0.5) is 15.0 Å². The van der Waals surface area contributed by atoms with E-state index in [0.29, 0.717) is 18.2 Å². The Morgan fingerprint density at radius 2 is 2.04 bits per heavy atom. The number of benzene rings is 1. The summed E-state index contributed by atoms with van der Waals surface area (Å²) in [7, 11) is 1.50. The molecule has 6 nitrogen and oxygen atoms in total. The first-order chi connectivity index (χ1) is 11.2. The fourth-order valence-corrected chi connectivity index (χ4v) is 2.72. The van der Waals surface area contributed by atoms with Gasteiger partial charge >= 0.3 is 6.03 Å². The zero-order valence-corrected chi connectivity index (χ0v) is 12.7. The van der Waals surface area contributed by atoms with Crippen molar-refractivity contribution in [2.24, 2.45) is 0 Å². The van der Waals surface area contributed by atoms with Crippen LogP contribution in [0.2, 0.25) is 0 Å². The molecule has 1 saturated heterocycles. The Labute approximate surface area is 133 Å². The third kappa shape index (κ3) is 3.39. The van der Waals surface area contributed by atoms with Crippen molar-refractivity contribution in [3.8, 4) is 5.88 Å². The van der Waals surface area contributed by atoms with Gasteiger partial charge in [0, 0.05) is 12.6 Å². The van der Waals surface area contributed by atoms with Crippen molar-refractivity contribution in [1.29, 1.82) is 0 Å². The first kappa shape index (κ1) is 15.2. The minimum Gasteiger partial charge on any atom is -0.480 e. The van der Waals surface area contributed by atoms with Crippen molar-refractivity contribution in [1.82, 2.24) is 15.1 Å². The van der Waals surface area contributed by atoms with Crippen LogP contribution in [-0.4, -0.2) is 34.8 Å². The summed E-state index contributed by atoms with van der Waals surface area (Å²) in [6, 6.07) is 9.24. The van der Waals surface area contributed by atoms with E-state index in [1.165, 1.54) is 19.2 Å². The highest BCUT2D eigenvalue weighted by Gasteiger charge is 2.30. The van der Waals surface area contributed by atoms with Crippen molar-refractivity contribution >= 4 is 11.8 Å². The number of hydrogen-bond acceptors (Lipinski definition) is 4. The number of nitrogens with zero attached hydrogens (tertiary/aromatic N) is 3. The van der Waals surface area contributed by atoms with Gasteiger partial charge < -0.3 is 9.64 Å². The number of hydrogen-bond donors (Lipinski definition) is 1. The number of carbonyl (C=O) groups is 1. The summed E-state index contributed by atoms with van der Waals surface area (Å²) in [6.07, 6.45) is 1.76. The Balaban J connectivity index is 1.71. The number of ether oxygens (including phenoxy) is 1. The Bertz CT molecular complexity index is 675. The number of amides is 2. The summed E-state index contributed by atoms with van der Waals surface area (Å²) >= 11 is 0. The van der Waals surface area contributed by atoms with Gasteiger partial charge in [-0.05, 0) is 36.6 Å². The highest BCUT2D eigenvalue weighted by Crippen LogP contribution is 2.32. The van der Waals surface area contributed by atoms with Gasteiger partial charge in [-0.1, -0.05) is 12.1 Å². The molecule has 0 saturated carbocycles. The number of nitrogens with one attached hydrogen (secondary N) is 1. The van der Waals surface area contributed by atoms with E-state index in [1.54, 1.807) is 29.2 Å². The summed E-state index contributed by atoms with van der Waals surface area (Å²) < 4.78 is 18.0. The molecule has 2 aromatic rings. The van der Waals surface area contributed by atoms with Gasteiger partial charge in [0.2, 0.25) is 5.88 Å². The van der Waals surface area contributed by atoms with Crippen molar-refractivity contribution < 1.29 is 13.9 Å². The molecule has 23 heavy (non-hydrogen) atoms. The summed E-state index contributed by atoms with van der Waals surface area (Å²) in [5, 5.41) is 10.4. The van der Waals surface area contributed by atoms with Crippen molar-refractivity contribution in [2.75, 3.05) is 19.0 Å². The maximum absolute atomic E-state index is 13.1. The average molecular weight is 316 g/mol. The molecule has 0 aliphatic carbocycles. The first-order valence-corrected chi connectivity index (χ1v) is 7.38. The average Bonchev–Trinajstić information content (AvgIpc) is 3.06. The second-order valence-corrected chi connectivity index (χ2v) is 5.29. The molecular weight excluding hydrogens is 299 g/mol. The fourth-order valence-electron chi connectivity index (χ4n) is 2.72. The van der Waals surface area contributed by atoms with Gasteiger partial charge in [0.05, 0.1) is 13.2 Å². The third-order valence-corrected chi connectivity index (χ3v) is 3.85. The van der Waals surface area contributed by atoms with E-state index < -0.39 is 0 Å². The van der Waals surface area contributed by atoms with Crippen molar-refractivity contribution in [3.63, 3.8) is 0 Å². The first-order valence-electron chi connectivity index (χ1n) is 7.38. The third-order valence-electron chi connectivity index (χ3n) is 3.85. The molecule has 2 heterocycles. The predicted molar refractivity (Wildman–Crippen MR) is 82.7 cm³/mol. The second kappa shape index (κ2) is 6.60. The maximum Gasteiger partial charge on any atom is 0.323 e. The summed E-state index contributed by atoms with van der Waals surface area (Å²) in [4.78, 5) is 14.2. The van der Waals surface area contributed by atoms with E-state index in [-0.39, 0.29) is 17.9 Å². The quantitative estimate of drug-likeness (QED) is 0.945. The molecule has 1 aliphatic rings. The van der Waals surface area contributed by atoms with E-state index in [1.807, 2.05) is 0 Å². The summed E-state index contributed by atoms with van der Waals surface area (Å²) in [5.41, 5.74) is 0.930. The SMILES string of the molecule is COc1ccc(NC(=O)N2CCCC2c2ccc(F)cc2)nn1. The van der Waals surface area contributed by atoms with E-state index in [9.17, 15) is 9.18 Å². The lowest BCUT2D eigenvalue weighted by Crippen LogP contribution is -2.34. The molecule has 2 amide bonds. The number of carbonyl (C=O) groups excluding carboxylic acids is 1. The van der Waals surface area contributed by atoms with Crippen LogP contribution in [-0.2, 0) is 0 Å². The van der Waals surface area contributed by atoms with Crippen LogP contribution in [0, 0.1) is 5.82 Å². The standard InChI is InChI=1S/C16H17FN4O2/c1-23-15-9-8-14(19-20-15)18-16(22)21-10-2-3-13(21)11-4-6-12(17)7-5-11/h4-9,13H,2-3,10H2,1H3,(H,18,19,22). The molecule has 1 atom stereocenters. The van der Waals surface area contributed by atoms with Crippen LogP contribution in [0.5, 0.6) is 5.88 Å². The lowest BCUT2D eigenvalue weighted by Gasteiger charge is -2.25. The number of rotatable bonds is 3. The number of aromatic nitrogens is 2. The van der Waals surface area contributed by atoms with E-state index in [4.69, 9.17) is 4.74 Å². The highest BCUT2D eigenvalue weighted by atomic mass is 19.1. The largest absolute Gasteiger partial charge is 0.480 e. The summed E-state index contributed by atoms with van der Waals surface area (Å²) in [5.74, 6) is 0.463. The Morgan fingerprint density at radius 3 is 2.70 bits per heavy atom. The molecule has 120 valence electrons. The number of likely N-dealkylation sites (tertiary alicyclic amines) is 1. The minimum atomic E-state index is -0.281. The van der Waals surface area contributed by atoms with Crippen LogP contribution in [0.3, 0.4) is 0 Å². The highest BCUT2D eigenvalue weighted by molar-refractivity contribution is 5.88. The van der Waals surface area contributed by atoms with Gasteiger partial charge in [-0.15, -0.1) is 10.2 Å². The number of anilines is 1. The maximum atomic E-state index is 13.1. The van der Waals surface area contributed by atoms with Crippen LogP contribution in [0.15, 0.2) is 36.4 Å². The van der Waals surface area contributed by atoms with Crippen LogP contribution < -0.4 is 10.1 Å². The monoisotopic (exact) mass is 316 g/mol. The molecule has 7 heteroatoms. The van der Waals surface area contributed by atoms with E-state index in [0.717, 1.165) is 18.4 Å². The molecule has 1 aliphatic heterocycles. The lowest BCUT2D eigenvalue weighted by molar-refractivity contribution is 0.207. The normalized spacial score (nSPS) is 17.1. The zero-order valence-electron chi connectivity index (χ0n) is 12.7. The molecule has 1 N–H and O–H groups in total. The number of urea groups is 1. The topological polar surface area (TPSA) is 67.3 Å². The number of methoxy groups -OCH3 is 1. The minimum absolute atomic E-state index is 0.0539. The molecule has 1 aromatic heterocycles. The molecule has 1 unspecified atom stereocenters. The van der Waals surface area contributed by atoms with Crippen LogP contribution in [0.1, 0.15) is 24.4 Å². The van der Waals surface area contributed by atoms with Gasteiger partial charge in [0.25, 0.3) is 0 Å². The molecular formula is C16H17FN4O2. The molecule has 1 aromatic carbocycles. The van der Waals surface area contributed by atoms with Gasteiger partial charge in [-0.3, -0.25) is 5.32 Å². The lowest BCUT2D eigenvalue weighted by atomic mass is 10.0. The van der Waals surface area contributed by atoms with Gasteiger partial charge in [-0.2, -0.15) is 0 Å². The van der Waals surface area contributed by atoms with E-state index in [2.05, 4.69) is 15.5 Å². The van der Waals surface area contributed by atoms with E-state index >= 15 is 0 Å². The zero-order chi connectivity index (χ0) is 16.2. The van der Waals surface area contributed by atoms with Gasteiger partial charge in [0.1, 0.15) is 5.82 Å². The van der Waals surface area contributed by atoms with Crippen LogP contribution in [0.25, 0.3) is 0 Å². The number of halogens is 1. The molecule has 0 bridgehead atoms. The Hall–Kier alpha value is -2.70. The Morgan fingerprint density at radius 1 is 1.26 bits per heavy atom. The molecule has 1 fully saturated rings. The van der Waals surface area contributed by atoms with Crippen LogP contribution >= 0.6 is 0 Å². The van der Waals surface area contributed by atoms with Crippen molar-refractivity contribution in [2.45, 2.75) is 18.9 Å². The summed E-state index contributed by atoms with van der Waals surface area (Å²) in [6.45, 7) is 0.650. The molecule has 0 spiro atoms. The molecule has 0 radical (unpaired) electrons. The fraction of sp³-hybridized carbons (Fsp3) is 0.312. The van der Waals surface area contributed by atoms with Gasteiger partial charge in [0.15, 0.2) is 5.82 Å².